The molecule has 0 rings (SSSR count). The van der Waals surface area contributed by atoms with Crippen LogP contribution in [0.15, 0.2) is 0 Å². The predicted octanol–water partition coefficient (Wildman–Crippen LogP) is 0.130. The third kappa shape index (κ3) is 14.2. The average molecular weight is 314 g/mol. The maximum atomic E-state index is 11.3. The second-order valence-corrected chi connectivity index (χ2v) is 3.16. The Morgan fingerprint density at radius 2 is 1.30 bits per heavy atom. The summed E-state index contributed by atoms with van der Waals surface area (Å²) >= 11 is 0. The van der Waals surface area contributed by atoms with E-state index in [4.69, 9.17) is 9.90 Å². The van der Waals surface area contributed by atoms with Gasteiger partial charge in [0.2, 0.25) is 11.9 Å². The molecule has 0 heterocycles. The first-order valence-electron chi connectivity index (χ1n) is 5.56. The van der Waals surface area contributed by atoms with Crippen molar-refractivity contribution in [2.24, 2.45) is 0 Å². The SMILES string of the molecule is CC(=O)O.CCOC(=O)C(NC(C)=O)C(=O)OCC.Cl. The minimum absolute atomic E-state index is 0. The van der Waals surface area contributed by atoms with Crippen LogP contribution in [0.1, 0.15) is 27.7 Å². The molecule has 0 bridgehead atoms. The molecule has 0 fully saturated rings. The van der Waals surface area contributed by atoms with E-state index in [1.165, 1.54) is 6.92 Å². The molecule has 20 heavy (non-hydrogen) atoms. The summed E-state index contributed by atoms with van der Waals surface area (Å²) < 4.78 is 9.24. The number of hydrogen-bond donors (Lipinski definition) is 2. The number of nitrogens with one attached hydrogen (secondary N) is 1. The number of halogens is 1. The van der Waals surface area contributed by atoms with Crippen LogP contribution >= 0.6 is 12.4 Å². The van der Waals surface area contributed by atoms with Crippen molar-refractivity contribution in [3.63, 3.8) is 0 Å². The summed E-state index contributed by atoms with van der Waals surface area (Å²) in [5.41, 5.74) is 0. The topological polar surface area (TPSA) is 119 Å². The number of amides is 1. The van der Waals surface area contributed by atoms with E-state index in [0.717, 1.165) is 6.92 Å². The highest BCUT2D eigenvalue weighted by atomic mass is 35.5. The molecule has 0 atom stereocenters. The number of ether oxygens (including phenoxy) is 2. The lowest BCUT2D eigenvalue weighted by Crippen LogP contribution is -2.47. The number of carbonyl (C=O) groups excluding carboxylic acids is 3. The van der Waals surface area contributed by atoms with Crippen LogP contribution in [-0.4, -0.2) is 48.2 Å². The molecule has 0 aliphatic carbocycles. The van der Waals surface area contributed by atoms with Crippen molar-refractivity contribution in [1.29, 1.82) is 0 Å². The molecule has 0 spiro atoms. The minimum atomic E-state index is -1.37. The molecule has 2 N–H and O–H groups in total. The number of esters is 2. The molecule has 0 radical (unpaired) electrons. The first kappa shape index (κ1) is 23.3. The van der Waals surface area contributed by atoms with Crippen molar-refractivity contribution in [3.05, 3.63) is 0 Å². The molecular weight excluding hydrogens is 294 g/mol. The van der Waals surface area contributed by atoms with Crippen LogP contribution < -0.4 is 5.32 Å². The van der Waals surface area contributed by atoms with E-state index in [1.54, 1.807) is 13.8 Å². The fraction of sp³-hybridized carbons (Fsp3) is 0.636. The largest absolute Gasteiger partial charge is 0.481 e. The van der Waals surface area contributed by atoms with Crippen molar-refractivity contribution in [2.45, 2.75) is 33.7 Å². The molecule has 0 aliphatic heterocycles. The van der Waals surface area contributed by atoms with E-state index in [2.05, 4.69) is 14.8 Å². The number of carbonyl (C=O) groups is 4. The molecule has 0 aliphatic rings. The highest BCUT2D eigenvalue weighted by Gasteiger charge is 2.30. The smallest absolute Gasteiger partial charge is 0.340 e. The van der Waals surface area contributed by atoms with Gasteiger partial charge in [-0.1, -0.05) is 0 Å². The fourth-order valence-corrected chi connectivity index (χ4v) is 0.869. The first-order valence-corrected chi connectivity index (χ1v) is 5.56. The minimum Gasteiger partial charge on any atom is -0.481 e. The van der Waals surface area contributed by atoms with Gasteiger partial charge in [0.05, 0.1) is 13.2 Å². The summed E-state index contributed by atoms with van der Waals surface area (Å²) in [7, 11) is 0. The van der Waals surface area contributed by atoms with Crippen LogP contribution in [0.2, 0.25) is 0 Å². The standard InChI is InChI=1S/C9H15NO5.C2H4O2.ClH/c1-4-14-8(12)7(10-6(3)11)9(13)15-5-2;1-2(3)4;/h7H,4-5H2,1-3H3,(H,10,11);1H3,(H,3,4);1H. The van der Waals surface area contributed by atoms with Gasteiger partial charge >= 0.3 is 11.9 Å². The molecule has 0 saturated heterocycles. The Kier molecular flexibility index (Phi) is 15.8. The van der Waals surface area contributed by atoms with E-state index in [9.17, 15) is 14.4 Å². The van der Waals surface area contributed by atoms with E-state index in [0.29, 0.717) is 0 Å². The van der Waals surface area contributed by atoms with Gasteiger partial charge in [0, 0.05) is 13.8 Å². The number of aliphatic carboxylic acids is 1. The van der Waals surface area contributed by atoms with Crippen LogP contribution in [0.4, 0.5) is 0 Å². The predicted molar refractivity (Wildman–Crippen MR) is 71.4 cm³/mol. The third-order valence-corrected chi connectivity index (χ3v) is 1.39. The number of carboxylic acids is 1. The maximum Gasteiger partial charge on any atom is 0.340 e. The van der Waals surface area contributed by atoms with Crippen LogP contribution in [-0.2, 0) is 28.7 Å². The molecule has 118 valence electrons. The molecule has 0 aromatic carbocycles. The van der Waals surface area contributed by atoms with Crippen LogP contribution in [0.5, 0.6) is 0 Å². The van der Waals surface area contributed by atoms with Crippen LogP contribution in [0.25, 0.3) is 0 Å². The zero-order valence-corrected chi connectivity index (χ0v) is 12.6. The number of carboxylic acid groups (broad SMARTS) is 1. The first-order chi connectivity index (χ1) is 8.76. The molecule has 9 heteroatoms. The lowest BCUT2D eigenvalue weighted by atomic mass is 10.3. The van der Waals surface area contributed by atoms with Gasteiger partial charge in [-0.3, -0.25) is 9.59 Å². The van der Waals surface area contributed by atoms with Crippen molar-refractivity contribution in [2.75, 3.05) is 13.2 Å². The summed E-state index contributed by atoms with van der Waals surface area (Å²) in [4.78, 5) is 42.3. The lowest BCUT2D eigenvalue weighted by Gasteiger charge is -2.14. The van der Waals surface area contributed by atoms with Crippen molar-refractivity contribution >= 4 is 36.2 Å². The number of hydrogen-bond acceptors (Lipinski definition) is 6. The van der Waals surface area contributed by atoms with Gasteiger partial charge in [0.15, 0.2) is 0 Å². The Bertz CT molecular complexity index is 311. The van der Waals surface area contributed by atoms with Gasteiger partial charge in [0.25, 0.3) is 5.97 Å². The highest BCUT2D eigenvalue weighted by molar-refractivity contribution is 6.02. The van der Waals surface area contributed by atoms with Gasteiger partial charge < -0.3 is 19.9 Å². The molecule has 0 aromatic heterocycles. The van der Waals surface area contributed by atoms with Crippen LogP contribution in [0.3, 0.4) is 0 Å². The summed E-state index contributed by atoms with van der Waals surface area (Å²) in [6, 6.07) is -1.37. The van der Waals surface area contributed by atoms with Crippen molar-refractivity contribution < 1.29 is 33.8 Å². The second kappa shape index (κ2) is 13.6. The Hall–Kier alpha value is -1.83. The molecule has 0 unspecified atom stereocenters. The molecule has 0 saturated carbocycles. The summed E-state index contributed by atoms with van der Waals surface area (Å²) in [6.45, 7) is 5.76. The molecule has 0 aromatic rings. The quantitative estimate of drug-likeness (QED) is 0.547. The molecule has 1 amide bonds. The van der Waals surface area contributed by atoms with Gasteiger partial charge in [-0.2, -0.15) is 0 Å². The normalized spacial score (nSPS) is 8.45. The van der Waals surface area contributed by atoms with E-state index in [-0.39, 0.29) is 25.6 Å². The van der Waals surface area contributed by atoms with E-state index >= 15 is 0 Å². The fourth-order valence-electron chi connectivity index (χ4n) is 0.869. The Labute approximate surface area is 123 Å². The Morgan fingerprint density at radius 1 is 1.00 bits per heavy atom. The lowest BCUT2D eigenvalue weighted by molar-refractivity contribution is -0.159. The Morgan fingerprint density at radius 3 is 1.50 bits per heavy atom. The summed E-state index contributed by atoms with van der Waals surface area (Å²) in [5, 5.41) is 9.58. The zero-order chi connectivity index (χ0) is 15.4. The highest BCUT2D eigenvalue weighted by Crippen LogP contribution is 1.94. The molecular formula is C11H20ClNO7. The van der Waals surface area contributed by atoms with Gasteiger partial charge in [0.1, 0.15) is 0 Å². The van der Waals surface area contributed by atoms with Gasteiger partial charge in [-0.25, -0.2) is 9.59 Å². The average Bonchev–Trinajstić information content (AvgIpc) is 2.25. The molecule has 8 nitrogen and oxygen atoms in total. The van der Waals surface area contributed by atoms with Gasteiger partial charge in [-0.15, -0.1) is 12.4 Å². The van der Waals surface area contributed by atoms with E-state index in [1.807, 2.05) is 0 Å². The van der Waals surface area contributed by atoms with Gasteiger partial charge in [-0.05, 0) is 13.8 Å². The second-order valence-electron chi connectivity index (χ2n) is 3.16. The maximum absolute atomic E-state index is 11.3. The number of rotatable bonds is 5. The van der Waals surface area contributed by atoms with Crippen molar-refractivity contribution in [1.82, 2.24) is 5.32 Å². The van der Waals surface area contributed by atoms with Crippen LogP contribution in [0, 0.1) is 0 Å². The summed E-state index contributed by atoms with van der Waals surface area (Å²) in [6.07, 6.45) is 0. The third-order valence-electron chi connectivity index (χ3n) is 1.39. The zero-order valence-electron chi connectivity index (χ0n) is 11.8. The van der Waals surface area contributed by atoms with E-state index < -0.39 is 29.9 Å². The summed E-state index contributed by atoms with van der Waals surface area (Å²) in [5.74, 6) is -2.96. The van der Waals surface area contributed by atoms with Crippen molar-refractivity contribution in [3.8, 4) is 0 Å². The monoisotopic (exact) mass is 313 g/mol. The Balaban J connectivity index is -0.000000508.